The van der Waals surface area contributed by atoms with Crippen LogP contribution in [-0.4, -0.2) is 178 Å². The fourth-order valence-electron chi connectivity index (χ4n) is 6.24. The van der Waals surface area contributed by atoms with Crippen LogP contribution in [0.5, 0.6) is 0 Å². The van der Waals surface area contributed by atoms with Crippen molar-refractivity contribution in [2.75, 3.05) is 13.2 Å². The van der Waals surface area contributed by atoms with Gasteiger partial charge in [0.15, 0.2) is 12.6 Å². The van der Waals surface area contributed by atoms with E-state index < -0.39 is 165 Å². The lowest BCUT2D eigenvalue weighted by Crippen LogP contribution is -2.70. The van der Waals surface area contributed by atoms with E-state index in [0.29, 0.717) is 0 Å². The van der Waals surface area contributed by atoms with Gasteiger partial charge in [-0.05, 0) is 33.1 Å². The SMILES string of the molecule is CC(=O)N[C@H]1[C@H](O[C@H]2[C@H](O[C@H](C)C(=O)N[C@@H](C)C(=O)N[C@H](CCC(=O)N[C@@H](CCCC([NH3+])C(=O)[O-])C(=O)[O-])C(=O)[O-])[C@@H](NC(C)=O)C(O)O[C@@H]2CO)O[C@H](CO)[C@@H](O)[C@@H]1O. The van der Waals surface area contributed by atoms with Crippen LogP contribution in [0.1, 0.15) is 59.8 Å². The van der Waals surface area contributed by atoms with E-state index >= 15 is 0 Å². The first-order valence-electron chi connectivity index (χ1n) is 18.8. The summed E-state index contributed by atoms with van der Waals surface area (Å²) in [6.45, 7) is 2.74. The first kappa shape index (κ1) is 51.5. The van der Waals surface area contributed by atoms with Crippen LogP contribution in [-0.2, 0) is 57.3 Å². The second-order valence-electron chi connectivity index (χ2n) is 14.3. The molecule has 342 valence electrons. The minimum atomic E-state index is -1.90. The quantitative estimate of drug-likeness (QED) is 0.0454. The molecular formula is C34H54N6O20-2. The Balaban J connectivity index is 2.18. The molecule has 26 heteroatoms. The Morgan fingerprint density at radius 1 is 0.700 bits per heavy atom. The number of carboxylic acids is 3. The van der Waals surface area contributed by atoms with Crippen molar-refractivity contribution in [2.45, 2.75) is 151 Å². The van der Waals surface area contributed by atoms with Crippen molar-refractivity contribution in [3.8, 4) is 0 Å². The van der Waals surface area contributed by atoms with Crippen LogP contribution < -0.4 is 47.6 Å². The van der Waals surface area contributed by atoms with Crippen molar-refractivity contribution in [3.05, 3.63) is 0 Å². The number of aliphatic hydroxyl groups is 5. The van der Waals surface area contributed by atoms with E-state index in [1.165, 1.54) is 6.92 Å². The number of rotatable bonds is 23. The molecule has 2 aliphatic rings. The molecule has 26 nitrogen and oxygen atoms in total. The smallest absolute Gasteiger partial charge is 0.249 e. The van der Waals surface area contributed by atoms with E-state index in [1.807, 2.05) is 0 Å². The summed E-state index contributed by atoms with van der Waals surface area (Å²) >= 11 is 0. The number of quaternary nitrogens is 1. The average Bonchev–Trinajstić information content (AvgIpc) is 3.16. The summed E-state index contributed by atoms with van der Waals surface area (Å²) in [6.07, 6.45) is -16.4. The first-order valence-corrected chi connectivity index (χ1v) is 18.8. The summed E-state index contributed by atoms with van der Waals surface area (Å²) < 4.78 is 23.0. The van der Waals surface area contributed by atoms with E-state index in [2.05, 4.69) is 32.3 Å². The molecule has 15 atom stereocenters. The van der Waals surface area contributed by atoms with E-state index in [4.69, 9.17) is 18.9 Å². The van der Waals surface area contributed by atoms with Crippen molar-refractivity contribution in [2.24, 2.45) is 0 Å². The molecular weight excluding hydrogens is 812 g/mol. The molecule has 0 spiro atoms. The second kappa shape index (κ2) is 24.0. The van der Waals surface area contributed by atoms with Crippen LogP contribution in [0.4, 0.5) is 0 Å². The van der Waals surface area contributed by atoms with E-state index in [1.54, 1.807) is 0 Å². The van der Waals surface area contributed by atoms with Gasteiger partial charge in [0.25, 0.3) is 0 Å². The Hall–Kier alpha value is -4.64. The van der Waals surface area contributed by atoms with Crippen molar-refractivity contribution >= 4 is 47.4 Å². The Bertz CT molecular complexity index is 1520. The van der Waals surface area contributed by atoms with Gasteiger partial charge in [0.2, 0.25) is 29.5 Å². The molecule has 0 saturated carbocycles. The van der Waals surface area contributed by atoms with Gasteiger partial charge >= 0.3 is 0 Å². The number of carbonyl (C=O) groups is 8. The average molecular weight is 867 g/mol. The van der Waals surface area contributed by atoms with Gasteiger partial charge in [-0.3, -0.25) is 24.0 Å². The number of nitrogens with one attached hydrogen (secondary N) is 5. The number of aliphatic hydroxyl groups excluding tert-OH is 5. The fraction of sp³-hybridized carbons (Fsp3) is 0.765. The van der Waals surface area contributed by atoms with Gasteiger partial charge in [-0.1, -0.05) is 0 Å². The van der Waals surface area contributed by atoms with E-state index in [-0.39, 0.29) is 19.3 Å². The summed E-state index contributed by atoms with van der Waals surface area (Å²) in [4.78, 5) is 97.0. The zero-order valence-corrected chi connectivity index (χ0v) is 33.2. The number of carbonyl (C=O) groups excluding carboxylic acids is 8. The van der Waals surface area contributed by atoms with Crippen molar-refractivity contribution in [1.29, 1.82) is 0 Å². The van der Waals surface area contributed by atoms with Crippen molar-refractivity contribution in [3.63, 3.8) is 0 Å². The summed E-state index contributed by atoms with van der Waals surface area (Å²) in [5.41, 5.74) is 3.34. The topological polar surface area (TPSA) is 432 Å². The Morgan fingerprint density at radius 2 is 1.27 bits per heavy atom. The molecule has 60 heavy (non-hydrogen) atoms. The normalized spacial score (nSPS) is 29.0. The van der Waals surface area contributed by atoms with Gasteiger partial charge in [0, 0.05) is 26.7 Å². The van der Waals surface area contributed by atoms with Gasteiger partial charge in [-0.2, -0.15) is 0 Å². The third-order valence-corrected chi connectivity index (χ3v) is 9.50. The Labute approximate surface area is 342 Å². The maximum atomic E-state index is 13.3. The number of ether oxygens (including phenoxy) is 4. The summed E-state index contributed by atoms with van der Waals surface area (Å²) in [6, 6.07) is -9.06. The number of aliphatic carboxylic acids is 3. The van der Waals surface area contributed by atoms with Crippen LogP contribution in [0.3, 0.4) is 0 Å². The van der Waals surface area contributed by atoms with E-state index in [9.17, 15) is 79.2 Å². The summed E-state index contributed by atoms with van der Waals surface area (Å²) in [5.74, 6) is -9.50. The minimum absolute atomic E-state index is 0.00881. The molecule has 0 bridgehead atoms. The molecule has 13 N–H and O–H groups in total. The number of hydrogen-bond donors (Lipinski definition) is 11. The first-order chi connectivity index (χ1) is 28.0. The molecule has 2 unspecified atom stereocenters. The molecule has 0 aliphatic carbocycles. The molecule has 2 heterocycles. The molecule has 0 radical (unpaired) electrons. The maximum absolute atomic E-state index is 13.3. The largest absolute Gasteiger partial charge is 0.548 e. The predicted molar refractivity (Wildman–Crippen MR) is 186 cm³/mol. The third kappa shape index (κ3) is 15.1. The van der Waals surface area contributed by atoms with Crippen molar-refractivity contribution < 1.29 is 104 Å². The number of amides is 5. The van der Waals surface area contributed by atoms with Gasteiger partial charge in [-0.15, -0.1) is 0 Å². The van der Waals surface area contributed by atoms with Crippen LogP contribution >= 0.6 is 0 Å². The summed E-state index contributed by atoms with van der Waals surface area (Å²) in [7, 11) is 0. The zero-order chi connectivity index (χ0) is 45.6. The molecule has 0 aromatic carbocycles. The van der Waals surface area contributed by atoms with Gasteiger partial charge in [-0.25, -0.2) is 0 Å². The molecule has 2 saturated heterocycles. The van der Waals surface area contributed by atoms with E-state index in [0.717, 1.165) is 20.8 Å². The van der Waals surface area contributed by atoms with Gasteiger partial charge < -0.3 is 107 Å². The van der Waals surface area contributed by atoms with Crippen LogP contribution in [0.2, 0.25) is 0 Å². The summed E-state index contributed by atoms with van der Waals surface area (Å²) in [5, 5.41) is 97.2. The Kier molecular flexibility index (Phi) is 20.6. The van der Waals surface area contributed by atoms with Crippen LogP contribution in [0.25, 0.3) is 0 Å². The molecule has 0 aromatic heterocycles. The zero-order valence-electron chi connectivity index (χ0n) is 33.2. The molecule has 2 aliphatic heterocycles. The monoisotopic (exact) mass is 866 g/mol. The molecule has 2 rings (SSSR count). The lowest BCUT2D eigenvalue weighted by molar-refractivity contribution is -0.438. The minimum Gasteiger partial charge on any atom is -0.548 e. The highest BCUT2D eigenvalue weighted by Gasteiger charge is 2.53. The molecule has 2 fully saturated rings. The highest BCUT2D eigenvalue weighted by atomic mass is 16.7. The second-order valence-corrected chi connectivity index (χ2v) is 14.3. The van der Waals surface area contributed by atoms with Gasteiger partial charge in [0.1, 0.15) is 66.9 Å². The lowest BCUT2D eigenvalue weighted by atomic mass is 9.94. The fourth-order valence-corrected chi connectivity index (χ4v) is 6.24. The van der Waals surface area contributed by atoms with Crippen LogP contribution in [0, 0.1) is 0 Å². The highest BCUT2D eigenvalue weighted by molar-refractivity contribution is 5.91. The highest BCUT2D eigenvalue weighted by Crippen LogP contribution is 2.31. The molecule has 0 aromatic rings. The van der Waals surface area contributed by atoms with Crippen molar-refractivity contribution in [1.82, 2.24) is 26.6 Å². The predicted octanol–water partition coefficient (Wildman–Crippen LogP) is -11.4. The third-order valence-electron chi connectivity index (χ3n) is 9.50. The standard InChI is InChI=1S/C34H56N6O20/c1-12(28(48)40-18(32(54)55)8-9-21(45)39-17(31(52)53)7-5-6-16(35)30(50)51)36-29(49)13(2)57-27-23(38-15(4)44)33(56)58-20(11-42)26(27)60-34-22(37-14(3)43)25(47)24(46)19(10-41)59-34/h12-13,16-20,22-27,33-34,41-42,46-47,56H,5-11,35H2,1-4H3,(H,36,49)(H,37,43)(H,38,44)(H,39,45)(H,40,48)(H,50,51)(H,52,53)(H,54,55)/p-2/t12-,13+,16?,17-,18+,19+,20+,22+,23+,24+,25+,26+,27+,33?,34-/m0/s1. The number of carboxylic acid groups (broad SMARTS) is 3. The van der Waals surface area contributed by atoms with Crippen LogP contribution in [0.15, 0.2) is 0 Å². The molecule has 5 amide bonds. The maximum Gasteiger partial charge on any atom is 0.249 e. The lowest BCUT2D eigenvalue weighted by Gasteiger charge is -2.48. The van der Waals surface area contributed by atoms with Gasteiger partial charge in [0.05, 0.1) is 43.2 Å². The Morgan fingerprint density at radius 3 is 1.80 bits per heavy atom. The number of hydrogen-bond acceptors (Lipinski definition) is 20.